The molecule has 0 spiro atoms. The number of rotatable bonds is 5. The van der Waals surface area contributed by atoms with Crippen LogP contribution in [0.25, 0.3) is 10.9 Å². The minimum atomic E-state index is -0.329. The largest absolute Gasteiger partial charge is 0.414 e. The van der Waals surface area contributed by atoms with E-state index in [2.05, 4.69) is 9.88 Å². The number of nitrogens with zero attached hydrogens (tertiary/aromatic N) is 2. The summed E-state index contributed by atoms with van der Waals surface area (Å²) in [6.07, 6.45) is 2.57. The first-order chi connectivity index (χ1) is 10.0. The number of hydrogen-bond donors (Lipinski definition) is 1. The van der Waals surface area contributed by atoms with Gasteiger partial charge in [0, 0.05) is 37.2 Å². The van der Waals surface area contributed by atoms with E-state index in [-0.39, 0.29) is 18.5 Å². The summed E-state index contributed by atoms with van der Waals surface area (Å²) in [4.78, 5) is 18.9. The molecule has 0 saturated heterocycles. The molecule has 122 valence electrons. The van der Waals surface area contributed by atoms with Gasteiger partial charge in [-0.05, 0) is 45.1 Å². The number of aromatic amines is 1. The van der Waals surface area contributed by atoms with Gasteiger partial charge in [-0.3, -0.25) is 0 Å². The minimum Gasteiger partial charge on any atom is -0.409 e. The Bertz CT molecular complexity index is 625. The fraction of sp³-hybridized carbons (Fsp3) is 0.438. The number of ether oxygens (including phenoxy) is 1. The molecule has 0 atom stereocenters. The summed E-state index contributed by atoms with van der Waals surface area (Å²) in [7, 11) is 5.82. The van der Waals surface area contributed by atoms with Gasteiger partial charge in [0.1, 0.15) is 5.75 Å². The van der Waals surface area contributed by atoms with Gasteiger partial charge in [0.2, 0.25) is 0 Å². The fourth-order valence-corrected chi connectivity index (χ4v) is 2.15. The number of benzene rings is 1. The van der Waals surface area contributed by atoms with Crippen LogP contribution in [0.3, 0.4) is 0 Å². The summed E-state index contributed by atoms with van der Waals surface area (Å²) in [6, 6.07) is 5.73. The number of amides is 1. The van der Waals surface area contributed by atoms with Crippen LogP contribution in [0.1, 0.15) is 12.5 Å². The van der Waals surface area contributed by atoms with Crippen LogP contribution in [-0.4, -0.2) is 55.1 Å². The molecule has 1 N–H and O–H groups in total. The fourth-order valence-electron chi connectivity index (χ4n) is 2.15. The van der Waals surface area contributed by atoms with Crippen molar-refractivity contribution in [3.05, 3.63) is 30.0 Å². The van der Waals surface area contributed by atoms with Gasteiger partial charge in [-0.2, -0.15) is 0 Å². The summed E-state index contributed by atoms with van der Waals surface area (Å²) >= 11 is 0. The molecule has 1 amide bonds. The molecule has 0 saturated carbocycles. The van der Waals surface area contributed by atoms with Crippen molar-refractivity contribution in [3.63, 3.8) is 0 Å². The summed E-state index contributed by atoms with van der Waals surface area (Å²) in [5.41, 5.74) is 2.16. The Morgan fingerprint density at radius 2 is 2.00 bits per heavy atom. The van der Waals surface area contributed by atoms with Crippen LogP contribution < -0.4 is 4.74 Å². The number of halogens is 1. The molecule has 22 heavy (non-hydrogen) atoms. The molecule has 1 aromatic heterocycles. The van der Waals surface area contributed by atoms with E-state index < -0.39 is 0 Å². The molecule has 2 aromatic rings. The van der Waals surface area contributed by atoms with E-state index in [1.165, 1.54) is 5.56 Å². The van der Waals surface area contributed by atoms with Crippen LogP contribution in [0, 0.1) is 0 Å². The van der Waals surface area contributed by atoms with E-state index in [0.717, 1.165) is 23.9 Å². The third-order valence-electron chi connectivity index (χ3n) is 3.56. The van der Waals surface area contributed by atoms with Crippen LogP contribution in [-0.2, 0) is 6.42 Å². The minimum absolute atomic E-state index is 0. The van der Waals surface area contributed by atoms with Gasteiger partial charge in [0.15, 0.2) is 0 Å². The van der Waals surface area contributed by atoms with Gasteiger partial charge < -0.3 is 19.5 Å². The maximum atomic E-state index is 12.0. The molecule has 5 nitrogen and oxygen atoms in total. The maximum absolute atomic E-state index is 12.0. The molecular formula is C16H24ClN3O2. The molecule has 0 aliphatic heterocycles. The SMILES string of the molecule is CCN(C)C(=O)Oc1cccc2[nH]cc(CCN(C)C)c12.Cl. The van der Waals surface area contributed by atoms with Gasteiger partial charge >= 0.3 is 6.09 Å². The lowest BCUT2D eigenvalue weighted by Crippen LogP contribution is -2.29. The highest BCUT2D eigenvalue weighted by molar-refractivity contribution is 5.91. The Kier molecular flexibility index (Phi) is 6.71. The zero-order valence-electron chi connectivity index (χ0n) is 13.5. The predicted molar refractivity (Wildman–Crippen MR) is 92.1 cm³/mol. The molecular weight excluding hydrogens is 302 g/mol. The van der Waals surface area contributed by atoms with Crippen molar-refractivity contribution in [2.24, 2.45) is 0 Å². The summed E-state index contributed by atoms with van der Waals surface area (Å²) < 4.78 is 5.54. The zero-order valence-corrected chi connectivity index (χ0v) is 14.4. The number of carbonyl (C=O) groups excluding carboxylic acids is 1. The first kappa shape index (κ1) is 18.3. The Morgan fingerprint density at radius 3 is 2.64 bits per heavy atom. The normalized spacial score (nSPS) is 10.6. The monoisotopic (exact) mass is 325 g/mol. The molecule has 1 heterocycles. The topological polar surface area (TPSA) is 48.6 Å². The highest BCUT2D eigenvalue weighted by Crippen LogP contribution is 2.29. The Balaban J connectivity index is 0.00000242. The van der Waals surface area contributed by atoms with E-state index in [9.17, 15) is 4.79 Å². The summed E-state index contributed by atoms with van der Waals surface area (Å²) in [5, 5.41) is 0.997. The highest BCUT2D eigenvalue weighted by Gasteiger charge is 2.14. The number of carbonyl (C=O) groups is 1. The number of hydrogen-bond acceptors (Lipinski definition) is 3. The molecule has 0 bridgehead atoms. The van der Waals surface area contributed by atoms with Crippen molar-refractivity contribution in [1.29, 1.82) is 0 Å². The van der Waals surface area contributed by atoms with E-state index in [0.29, 0.717) is 12.3 Å². The third-order valence-corrected chi connectivity index (χ3v) is 3.56. The van der Waals surface area contributed by atoms with Gasteiger partial charge in [0.05, 0.1) is 0 Å². The second-order valence-electron chi connectivity index (χ2n) is 5.43. The summed E-state index contributed by atoms with van der Waals surface area (Å²) in [5.74, 6) is 0.618. The number of likely N-dealkylation sites (N-methyl/N-ethyl adjacent to an activating group) is 1. The number of nitrogens with one attached hydrogen (secondary N) is 1. The molecule has 6 heteroatoms. The van der Waals surface area contributed by atoms with Gasteiger partial charge in [0.25, 0.3) is 0 Å². The molecule has 0 aliphatic rings. The zero-order chi connectivity index (χ0) is 15.4. The van der Waals surface area contributed by atoms with Crippen LogP contribution >= 0.6 is 12.4 Å². The predicted octanol–water partition coefficient (Wildman–Crippen LogP) is 3.14. The van der Waals surface area contributed by atoms with Crippen LogP contribution in [0.15, 0.2) is 24.4 Å². The lowest BCUT2D eigenvalue weighted by molar-refractivity contribution is 0.166. The second-order valence-corrected chi connectivity index (χ2v) is 5.43. The van der Waals surface area contributed by atoms with Crippen LogP contribution in [0.5, 0.6) is 5.75 Å². The number of fused-ring (bicyclic) bond motifs is 1. The molecule has 0 fully saturated rings. The van der Waals surface area contributed by atoms with Crippen molar-refractivity contribution < 1.29 is 9.53 Å². The lowest BCUT2D eigenvalue weighted by Gasteiger charge is -2.15. The standard InChI is InChI=1S/C16H23N3O2.ClH/c1-5-19(4)16(20)21-14-8-6-7-13-15(14)12(11-17-13)9-10-18(2)3;/h6-8,11,17H,5,9-10H2,1-4H3;1H. The molecule has 1 aromatic carbocycles. The average Bonchev–Trinajstić information content (AvgIpc) is 2.88. The lowest BCUT2D eigenvalue weighted by atomic mass is 10.1. The van der Waals surface area contributed by atoms with Gasteiger partial charge in [-0.1, -0.05) is 6.07 Å². The molecule has 0 aliphatic carbocycles. The summed E-state index contributed by atoms with van der Waals surface area (Å²) in [6.45, 7) is 3.49. The van der Waals surface area contributed by atoms with E-state index >= 15 is 0 Å². The quantitative estimate of drug-likeness (QED) is 0.918. The first-order valence-corrected chi connectivity index (χ1v) is 7.19. The van der Waals surface area contributed by atoms with Gasteiger partial charge in [-0.15, -0.1) is 12.4 Å². The van der Waals surface area contributed by atoms with Crippen LogP contribution in [0.4, 0.5) is 4.79 Å². The van der Waals surface area contributed by atoms with E-state index in [1.54, 1.807) is 11.9 Å². The average molecular weight is 326 g/mol. The van der Waals surface area contributed by atoms with Crippen LogP contribution in [0.2, 0.25) is 0 Å². The third kappa shape index (κ3) is 4.15. The smallest absolute Gasteiger partial charge is 0.409 e. The van der Waals surface area contributed by atoms with Crippen molar-refractivity contribution in [3.8, 4) is 5.75 Å². The maximum Gasteiger partial charge on any atom is 0.414 e. The van der Waals surface area contributed by atoms with E-state index in [4.69, 9.17) is 4.74 Å². The number of H-pyrrole nitrogens is 1. The van der Waals surface area contributed by atoms with Crippen molar-refractivity contribution in [1.82, 2.24) is 14.8 Å². The van der Waals surface area contributed by atoms with Gasteiger partial charge in [-0.25, -0.2) is 4.79 Å². The molecule has 0 unspecified atom stereocenters. The Hall–Kier alpha value is -1.72. The highest BCUT2D eigenvalue weighted by atomic mass is 35.5. The van der Waals surface area contributed by atoms with Crippen molar-refractivity contribution in [2.75, 3.05) is 34.2 Å². The Labute approximate surface area is 137 Å². The molecule has 0 radical (unpaired) electrons. The second kappa shape index (κ2) is 8.06. The molecule has 2 rings (SSSR count). The Morgan fingerprint density at radius 1 is 1.27 bits per heavy atom. The van der Waals surface area contributed by atoms with E-state index in [1.807, 2.05) is 45.4 Å². The van der Waals surface area contributed by atoms with Crippen molar-refractivity contribution in [2.45, 2.75) is 13.3 Å². The van der Waals surface area contributed by atoms with Crippen molar-refractivity contribution >= 4 is 29.4 Å². The number of aromatic nitrogens is 1. The first-order valence-electron chi connectivity index (χ1n) is 7.19.